The lowest BCUT2D eigenvalue weighted by Crippen LogP contribution is -2.41. The van der Waals surface area contributed by atoms with Crippen LogP contribution in [0, 0.1) is 0 Å². The molecular weight excluding hydrogens is 332 g/mol. The topological polar surface area (TPSA) is 59.1 Å². The minimum absolute atomic E-state index is 0.0887. The number of rotatable bonds is 5. The Hall–Kier alpha value is -2.08. The first-order valence-corrected chi connectivity index (χ1v) is 9.49. The molecule has 6 nitrogen and oxygen atoms in total. The molecular formula is C20H28N2O4. The minimum Gasteiger partial charge on any atom is -0.496 e. The summed E-state index contributed by atoms with van der Waals surface area (Å²) in [5.74, 6) is 1.05. The standard InChI is InChI=1S/C20H28N2O4/c1-25-17-7-3-2-6-16(17)9-10-19(23)21-11-5-12-22(14-13-21)20(24)18-8-4-15-26-18/h2-3,6-7,18H,4-5,8-15H2,1H3. The molecule has 6 heteroatoms. The third-order valence-electron chi connectivity index (χ3n) is 5.17. The van der Waals surface area contributed by atoms with E-state index in [4.69, 9.17) is 9.47 Å². The quantitative estimate of drug-likeness (QED) is 0.804. The van der Waals surface area contributed by atoms with Crippen molar-refractivity contribution in [3.05, 3.63) is 29.8 Å². The van der Waals surface area contributed by atoms with Gasteiger partial charge in [-0.25, -0.2) is 0 Å². The Morgan fingerprint density at radius 3 is 2.65 bits per heavy atom. The molecule has 2 amide bonds. The molecule has 142 valence electrons. The Labute approximate surface area is 155 Å². The fraction of sp³-hybridized carbons (Fsp3) is 0.600. The van der Waals surface area contributed by atoms with Gasteiger partial charge in [-0.1, -0.05) is 18.2 Å². The summed E-state index contributed by atoms with van der Waals surface area (Å²) in [5.41, 5.74) is 1.05. The van der Waals surface area contributed by atoms with Gasteiger partial charge in [-0.15, -0.1) is 0 Å². The van der Waals surface area contributed by atoms with Crippen molar-refractivity contribution in [3.8, 4) is 5.75 Å². The van der Waals surface area contributed by atoms with Crippen molar-refractivity contribution in [3.63, 3.8) is 0 Å². The van der Waals surface area contributed by atoms with Crippen LogP contribution in [0.1, 0.15) is 31.2 Å². The maximum absolute atomic E-state index is 12.6. The molecule has 0 spiro atoms. The first kappa shape index (κ1) is 18.7. The van der Waals surface area contributed by atoms with Gasteiger partial charge in [0.1, 0.15) is 11.9 Å². The molecule has 2 aliphatic heterocycles. The number of amides is 2. The van der Waals surface area contributed by atoms with Crippen LogP contribution in [0.25, 0.3) is 0 Å². The zero-order valence-corrected chi connectivity index (χ0v) is 15.5. The molecule has 0 bridgehead atoms. The van der Waals surface area contributed by atoms with Crippen molar-refractivity contribution in [2.45, 2.75) is 38.2 Å². The monoisotopic (exact) mass is 360 g/mol. The van der Waals surface area contributed by atoms with Crippen LogP contribution in [0.5, 0.6) is 5.75 Å². The van der Waals surface area contributed by atoms with Gasteiger partial charge < -0.3 is 19.3 Å². The highest BCUT2D eigenvalue weighted by Gasteiger charge is 2.30. The van der Waals surface area contributed by atoms with E-state index in [-0.39, 0.29) is 17.9 Å². The number of ether oxygens (including phenoxy) is 2. The van der Waals surface area contributed by atoms with Gasteiger partial charge in [-0.05, 0) is 37.3 Å². The summed E-state index contributed by atoms with van der Waals surface area (Å²) in [4.78, 5) is 28.9. The normalized spacial score (nSPS) is 20.7. The second-order valence-corrected chi connectivity index (χ2v) is 6.87. The molecule has 0 aromatic heterocycles. The molecule has 1 aromatic rings. The van der Waals surface area contributed by atoms with Gasteiger partial charge in [0, 0.05) is 39.2 Å². The second kappa shape index (κ2) is 9.03. The number of benzene rings is 1. The molecule has 0 saturated carbocycles. The van der Waals surface area contributed by atoms with Crippen LogP contribution < -0.4 is 4.74 Å². The summed E-state index contributed by atoms with van der Waals surface area (Å²) in [7, 11) is 1.65. The predicted octanol–water partition coefficient (Wildman–Crippen LogP) is 1.87. The summed E-state index contributed by atoms with van der Waals surface area (Å²) in [6, 6.07) is 7.80. The molecule has 1 atom stereocenters. The SMILES string of the molecule is COc1ccccc1CCC(=O)N1CCCN(C(=O)C2CCCO2)CC1. The van der Waals surface area contributed by atoms with Crippen LogP contribution in [-0.4, -0.2) is 67.6 Å². The smallest absolute Gasteiger partial charge is 0.251 e. The first-order chi connectivity index (χ1) is 12.7. The van der Waals surface area contributed by atoms with Gasteiger partial charge >= 0.3 is 0 Å². The highest BCUT2D eigenvalue weighted by Crippen LogP contribution is 2.20. The number of carbonyl (C=O) groups is 2. The van der Waals surface area contributed by atoms with Gasteiger partial charge in [-0.2, -0.15) is 0 Å². The van der Waals surface area contributed by atoms with Crippen LogP contribution in [0.3, 0.4) is 0 Å². The molecule has 26 heavy (non-hydrogen) atoms. The van der Waals surface area contributed by atoms with Crippen LogP contribution in [0.15, 0.2) is 24.3 Å². The van der Waals surface area contributed by atoms with Crippen molar-refractivity contribution >= 4 is 11.8 Å². The molecule has 2 aliphatic rings. The number of para-hydroxylation sites is 1. The van der Waals surface area contributed by atoms with Gasteiger partial charge in [0.25, 0.3) is 5.91 Å². The van der Waals surface area contributed by atoms with Crippen molar-refractivity contribution in [2.24, 2.45) is 0 Å². The van der Waals surface area contributed by atoms with Gasteiger partial charge in [0.15, 0.2) is 0 Å². The van der Waals surface area contributed by atoms with Crippen LogP contribution >= 0.6 is 0 Å². The number of nitrogens with zero attached hydrogens (tertiary/aromatic N) is 2. The number of hydrogen-bond donors (Lipinski definition) is 0. The highest BCUT2D eigenvalue weighted by atomic mass is 16.5. The molecule has 0 radical (unpaired) electrons. The lowest BCUT2D eigenvalue weighted by atomic mass is 10.1. The lowest BCUT2D eigenvalue weighted by Gasteiger charge is -2.24. The van der Waals surface area contributed by atoms with E-state index < -0.39 is 0 Å². The molecule has 0 N–H and O–H groups in total. The van der Waals surface area contributed by atoms with Crippen molar-refractivity contribution in [2.75, 3.05) is 39.9 Å². The fourth-order valence-electron chi connectivity index (χ4n) is 3.67. The highest BCUT2D eigenvalue weighted by molar-refractivity contribution is 5.81. The first-order valence-electron chi connectivity index (χ1n) is 9.49. The zero-order chi connectivity index (χ0) is 18.4. The van der Waals surface area contributed by atoms with E-state index in [0.717, 1.165) is 30.6 Å². The maximum Gasteiger partial charge on any atom is 0.251 e. The maximum atomic E-state index is 12.6. The van der Waals surface area contributed by atoms with E-state index in [1.54, 1.807) is 7.11 Å². The Morgan fingerprint density at radius 1 is 1.12 bits per heavy atom. The average Bonchev–Trinajstić information content (AvgIpc) is 3.10. The molecule has 1 unspecified atom stereocenters. The summed E-state index contributed by atoms with van der Waals surface area (Å²) < 4.78 is 10.9. The predicted molar refractivity (Wildman–Crippen MR) is 98.1 cm³/mol. The second-order valence-electron chi connectivity index (χ2n) is 6.87. The largest absolute Gasteiger partial charge is 0.496 e. The lowest BCUT2D eigenvalue weighted by molar-refractivity contribution is -0.141. The molecule has 0 aliphatic carbocycles. The van der Waals surface area contributed by atoms with E-state index in [0.29, 0.717) is 45.6 Å². The van der Waals surface area contributed by atoms with E-state index in [1.165, 1.54) is 0 Å². The van der Waals surface area contributed by atoms with Gasteiger partial charge in [0.05, 0.1) is 7.11 Å². The Kier molecular flexibility index (Phi) is 6.50. The summed E-state index contributed by atoms with van der Waals surface area (Å²) in [5, 5.41) is 0. The number of hydrogen-bond acceptors (Lipinski definition) is 4. The Bertz CT molecular complexity index is 628. The average molecular weight is 360 g/mol. The van der Waals surface area contributed by atoms with Crippen LogP contribution in [-0.2, 0) is 20.7 Å². The molecule has 2 fully saturated rings. The summed E-state index contributed by atoms with van der Waals surface area (Å²) in [6.45, 7) is 3.29. The molecule has 3 rings (SSSR count). The van der Waals surface area contributed by atoms with Crippen LogP contribution in [0.4, 0.5) is 0 Å². The van der Waals surface area contributed by atoms with E-state index in [2.05, 4.69) is 0 Å². The van der Waals surface area contributed by atoms with Crippen LogP contribution in [0.2, 0.25) is 0 Å². The summed E-state index contributed by atoms with van der Waals surface area (Å²) >= 11 is 0. The van der Waals surface area contributed by atoms with Gasteiger partial charge in [0.2, 0.25) is 5.91 Å². The number of carbonyl (C=O) groups excluding carboxylic acids is 2. The van der Waals surface area contributed by atoms with E-state index in [9.17, 15) is 9.59 Å². The van der Waals surface area contributed by atoms with E-state index in [1.807, 2.05) is 34.1 Å². The van der Waals surface area contributed by atoms with Crippen molar-refractivity contribution in [1.82, 2.24) is 9.80 Å². The molecule has 1 aromatic carbocycles. The minimum atomic E-state index is -0.275. The molecule has 2 heterocycles. The molecule has 2 saturated heterocycles. The van der Waals surface area contributed by atoms with Crippen molar-refractivity contribution < 1.29 is 19.1 Å². The third-order valence-corrected chi connectivity index (χ3v) is 5.17. The fourth-order valence-corrected chi connectivity index (χ4v) is 3.67. The Balaban J connectivity index is 1.50. The van der Waals surface area contributed by atoms with E-state index >= 15 is 0 Å². The number of aryl methyl sites for hydroxylation is 1. The summed E-state index contributed by atoms with van der Waals surface area (Å²) in [6.07, 6.45) is 3.44. The zero-order valence-electron chi connectivity index (χ0n) is 15.5. The Morgan fingerprint density at radius 2 is 1.88 bits per heavy atom. The van der Waals surface area contributed by atoms with Gasteiger partial charge in [-0.3, -0.25) is 9.59 Å². The third kappa shape index (κ3) is 4.55. The number of methoxy groups -OCH3 is 1. The van der Waals surface area contributed by atoms with Crippen molar-refractivity contribution in [1.29, 1.82) is 0 Å².